The van der Waals surface area contributed by atoms with Crippen LogP contribution in [0, 0.1) is 5.92 Å². The summed E-state index contributed by atoms with van der Waals surface area (Å²) in [6.07, 6.45) is 0.171. The summed E-state index contributed by atoms with van der Waals surface area (Å²) in [5.41, 5.74) is 0. The number of hydrogen-bond donors (Lipinski definition) is 1. The first kappa shape index (κ1) is 23.8. The number of amides is 1. The first-order chi connectivity index (χ1) is 14.0. The van der Waals surface area contributed by atoms with Crippen LogP contribution in [0.25, 0.3) is 0 Å². The number of nitrogens with zero attached hydrogens (tertiary/aromatic N) is 1. The van der Waals surface area contributed by atoms with Gasteiger partial charge in [0.05, 0.1) is 26.4 Å². The lowest BCUT2D eigenvalue weighted by molar-refractivity contribution is -0.151. The van der Waals surface area contributed by atoms with Gasteiger partial charge in [-0.15, -0.1) is 4.47 Å². The highest BCUT2D eigenvalue weighted by Gasteiger charge is 2.20. The van der Waals surface area contributed by atoms with E-state index in [0.29, 0.717) is 26.3 Å². The predicted octanol–water partition coefficient (Wildman–Crippen LogP) is 3.47. The van der Waals surface area contributed by atoms with E-state index in [1.54, 1.807) is 7.11 Å². The zero-order chi connectivity index (χ0) is 21.1. The van der Waals surface area contributed by atoms with E-state index in [1.165, 1.54) is 11.9 Å². The third-order valence-electron chi connectivity index (χ3n) is 4.24. The fraction of sp³-hybridized carbons (Fsp3) is 0.650. The SMILES string of the molecule is CCC(C)ON(CC(C)CNC(=O)OC1COCOC1)Sc1ccc(OC)cc1. The molecule has 1 amide bonds. The number of methoxy groups -OCH3 is 1. The summed E-state index contributed by atoms with van der Waals surface area (Å²) >= 11 is 1.52. The van der Waals surface area contributed by atoms with Crippen LogP contribution in [-0.4, -0.2) is 63.0 Å². The third-order valence-corrected chi connectivity index (χ3v) is 5.16. The zero-order valence-electron chi connectivity index (χ0n) is 17.6. The molecule has 1 aliphatic heterocycles. The Balaban J connectivity index is 1.81. The highest BCUT2D eigenvalue weighted by atomic mass is 32.2. The molecule has 0 aliphatic carbocycles. The van der Waals surface area contributed by atoms with Crippen molar-refractivity contribution in [2.24, 2.45) is 5.92 Å². The van der Waals surface area contributed by atoms with Gasteiger partial charge in [0, 0.05) is 18.0 Å². The summed E-state index contributed by atoms with van der Waals surface area (Å²) in [5, 5.41) is 2.80. The van der Waals surface area contributed by atoms with E-state index in [1.807, 2.05) is 35.7 Å². The molecule has 164 valence electrons. The summed E-state index contributed by atoms with van der Waals surface area (Å²) < 4.78 is 22.6. The molecule has 1 N–H and O–H groups in total. The smallest absolute Gasteiger partial charge is 0.407 e. The molecule has 8 nitrogen and oxygen atoms in total. The number of hydrogen-bond acceptors (Lipinski definition) is 8. The van der Waals surface area contributed by atoms with E-state index in [9.17, 15) is 4.79 Å². The van der Waals surface area contributed by atoms with Gasteiger partial charge in [0.2, 0.25) is 0 Å². The molecule has 0 saturated carbocycles. The van der Waals surface area contributed by atoms with Crippen molar-refractivity contribution in [1.82, 2.24) is 9.79 Å². The second-order valence-electron chi connectivity index (χ2n) is 6.98. The quantitative estimate of drug-likeness (QED) is 0.424. The van der Waals surface area contributed by atoms with Gasteiger partial charge in [-0.1, -0.05) is 13.8 Å². The molecule has 9 heteroatoms. The highest BCUT2D eigenvalue weighted by molar-refractivity contribution is 7.96. The Bertz CT molecular complexity index is 597. The lowest BCUT2D eigenvalue weighted by atomic mass is 10.2. The van der Waals surface area contributed by atoms with Crippen LogP contribution >= 0.6 is 11.9 Å². The Hall–Kier alpha value is -1.52. The van der Waals surface area contributed by atoms with Gasteiger partial charge in [-0.05, 0) is 55.5 Å². The number of rotatable bonds is 11. The minimum atomic E-state index is -0.465. The maximum Gasteiger partial charge on any atom is 0.407 e. The molecule has 0 spiro atoms. The van der Waals surface area contributed by atoms with Gasteiger partial charge in [0.25, 0.3) is 0 Å². The van der Waals surface area contributed by atoms with Gasteiger partial charge in [-0.25, -0.2) is 4.79 Å². The predicted molar refractivity (Wildman–Crippen MR) is 111 cm³/mol. The van der Waals surface area contributed by atoms with Gasteiger partial charge in [0.15, 0.2) is 6.10 Å². The molecule has 2 atom stereocenters. The molecule has 29 heavy (non-hydrogen) atoms. The van der Waals surface area contributed by atoms with Crippen molar-refractivity contribution in [3.8, 4) is 5.75 Å². The van der Waals surface area contributed by atoms with Crippen LogP contribution in [0.3, 0.4) is 0 Å². The Morgan fingerprint density at radius 3 is 2.59 bits per heavy atom. The van der Waals surface area contributed by atoms with Crippen LogP contribution in [0.4, 0.5) is 4.79 Å². The van der Waals surface area contributed by atoms with Gasteiger partial charge < -0.3 is 24.3 Å². The lowest BCUT2D eigenvalue weighted by Gasteiger charge is -2.27. The van der Waals surface area contributed by atoms with Crippen molar-refractivity contribution in [3.05, 3.63) is 24.3 Å². The minimum Gasteiger partial charge on any atom is -0.497 e. The lowest BCUT2D eigenvalue weighted by Crippen LogP contribution is -2.39. The zero-order valence-corrected chi connectivity index (χ0v) is 18.4. The number of carbonyl (C=O) groups is 1. The maximum atomic E-state index is 12.0. The average molecular weight is 429 g/mol. The molecule has 1 heterocycles. The molecule has 2 unspecified atom stereocenters. The van der Waals surface area contributed by atoms with Crippen molar-refractivity contribution in [2.45, 2.75) is 44.3 Å². The van der Waals surface area contributed by atoms with Gasteiger partial charge in [-0.2, -0.15) is 0 Å². The first-order valence-corrected chi connectivity index (χ1v) is 10.6. The summed E-state index contributed by atoms with van der Waals surface area (Å²) in [5.74, 6) is 0.963. The van der Waals surface area contributed by atoms with Crippen LogP contribution in [0.2, 0.25) is 0 Å². The Labute approximate surface area is 177 Å². The monoisotopic (exact) mass is 428 g/mol. The van der Waals surface area contributed by atoms with Crippen LogP contribution in [-0.2, 0) is 19.0 Å². The summed E-state index contributed by atoms with van der Waals surface area (Å²) in [7, 11) is 1.65. The molecular weight excluding hydrogens is 396 g/mol. The number of nitrogens with one attached hydrogen (secondary N) is 1. The average Bonchev–Trinajstić information content (AvgIpc) is 2.73. The van der Waals surface area contributed by atoms with Crippen LogP contribution < -0.4 is 10.1 Å². The highest BCUT2D eigenvalue weighted by Crippen LogP contribution is 2.27. The minimum absolute atomic E-state index is 0.0946. The Morgan fingerprint density at radius 2 is 1.97 bits per heavy atom. The van der Waals surface area contributed by atoms with Gasteiger partial charge in [-0.3, -0.25) is 4.84 Å². The first-order valence-electron chi connectivity index (χ1n) is 9.86. The van der Waals surface area contributed by atoms with E-state index in [4.69, 9.17) is 23.8 Å². The number of benzene rings is 1. The number of carbonyl (C=O) groups excluding carboxylic acids is 1. The number of alkyl carbamates (subject to hydrolysis) is 1. The van der Waals surface area contributed by atoms with Crippen molar-refractivity contribution in [2.75, 3.05) is 40.2 Å². The molecule has 0 radical (unpaired) electrons. The Morgan fingerprint density at radius 1 is 1.28 bits per heavy atom. The van der Waals surface area contributed by atoms with Crippen molar-refractivity contribution < 1.29 is 28.6 Å². The summed E-state index contributed by atoms with van der Waals surface area (Å²) in [4.78, 5) is 19.1. The number of hydroxylamine groups is 1. The molecule has 1 aromatic carbocycles. The molecule has 2 rings (SSSR count). The molecular formula is C20H32N2O6S. The van der Waals surface area contributed by atoms with E-state index >= 15 is 0 Å². The van der Waals surface area contributed by atoms with E-state index in [-0.39, 0.29) is 24.9 Å². The fourth-order valence-electron chi connectivity index (χ4n) is 2.44. The van der Waals surface area contributed by atoms with Crippen molar-refractivity contribution in [1.29, 1.82) is 0 Å². The molecule has 1 fully saturated rings. The molecule has 1 aliphatic rings. The molecule has 0 bridgehead atoms. The van der Waals surface area contributed by atoms with Crippen molar-refractivity contribution in [3.63, 3.8) is 0 Å². The fourth-order valence-corrected chi connectivity index (χ4v) is 3.45. The normalized spacial score (nSPS) is 17.0. The van der Waals surface area contributed by atoms with Crippen molar-refractivity contribution >= 4 is 18.0 Å². The van der Waals surface area contributed by atoms with Crippen LogP contribution in [0.5, 0.6) is 5.75 Å². The molecule has 1 aromatic rings. The summed E-state index contributed by atoms with van der Waals surface area (Å²) in [6.45, 7) is 8.24. The van der Waals surface area contributed by atoms with E-state index in [0.717, 1.165) is 17.1 Å². The molecule has 1 saturated heterocycles. The maximum absolute atomic E-state index is 12.0. The van der Waals surface area contributed by atoms with E-state index in [2.05, 4.69) is 19.2 Å². The third kappa shape index (κ3) is 9.22. The second-order valence-corrected chi connectivity index (χ2v) is 8.04. The van der Waals surface area contributed by atoms with Crippen LogP contribution in [0.15, 0.2) is 29.2 Å². The molecule has 0 aromatic heterocycles. The van der Waals surface area contributed by atoms with Crippen LogP contribution in [0.1, 0.15) is 27.2 Å². The largest absolute Gasteiger partial charge is 0.497 e. The summed E-state index contributed by atoms with van der Waals surface area (Å²) in [6, 6.07) is 7.82. The van der Waals surface area contributed by atoms with E-state index < -0.39 is 6.09 Å². The number of ether oxygens (including phenoxy) is 4. The second kappa shape index (κ2) is 12.9. The van der Waals surface area contributed by atoms with Gasteiger partial charge >= 0.3 is 6.09 Å². The standard InChI is InChI=1S/C20H32N2O6S/c1-5-16(3)28-22(29-19-8-6-17(24-4)7-9-19)11-15(2)10-21-20(23)27-18-12-25-14-26-13-18/h6-9,15-16,18H,5,10-14H2,1-4H3,(H,21,23). The topological polar surface area (TPSA) is 78.5 Å². The van der Waals surface area contributed by atoms with Gasteiger partial charge in [0.1, 0.15) is 12.5 Å². The Kier molecular flexibility index (Phi) is 10.6.